The predicted octanol–water partition coefficient (Wildman–Crippen LogP) is 0.627. The molecule has 0 aromatic heterocycles. The summed E-state index contributed by atoms with van der Waals surface area (Å²) in [5, 5.41) is 13.2. The van der Waals surface area contributed by atoms with Gasteiger partial charge >= 0.3 is 0 Å². The van der Waals surface area contributed by atoms with Crippen molar-refractivity contribution >= 4 is 22.4 Å². The van der Waals surface area contributed by atoms with Gasteiger partial charge in [0.25, 0.3) is 0 Å². The molecule has 0 saturated carbocycles. The maximum Gasteiger partial charge on any atom is 0.238 e. The molecule has 70 valence electrons. The Balaban J connectivity index is 0.00000144. The monoisotopic (exact) mass is 218 g/mol. The molecule has 0 heterocycles. The van der Waals surface area contributed by atoms with Gasteiger partial charge in [0.05, 0.1) is 16.5 Å². The number of benzene rings is 1. The first-order chi connectivity index (χ1) is 5.54. The summed E-state index contributed by atoms with van der Waals surface area (Å²) >= 11 is 0. The summed E-state index contributed by atoms with van der Waals surface area (Å²) in [5.41, 5.74) is 0.405. The predicted molar refractivity (Wildman–Crippen MR) is 49.8 cm³/mol. The first-order valence-corrected chi connectivity index (χ1v) is 4.61. The average Bonchev–Trinajstić information content (AvgIpc) is 2.03. The summed E-state index contributed by atoms with van der Waals surface area (Å²) in [6.07, 6.45) is 0. The van der Waals surface area contributed by atoms with Gasteiger partial charge in [0.2, 0.25) is 10.0 Å². The van der Waals surface area contributed by atoms with Crippen LogP contribution in [0.1, 0.15) is 5.56 Å². The van der Waals surface area contributed by atoms with Gasteiger partial charge in [-0.1, -0.05) is 0 Å². The highest BCUT2D eigenvalue weighted by Gasteiger charge is 2.05. The third-order valence-electron chi connectivity index (χ3n) is 1.31. The van der Waals surface area contributed by atoms with E-state index in [1.807, 2.05) is 6.07 Å². The summed E-state index contributed by atoms with van der Waals surface area (Å²) in [6.45, 7) is 0. The zero-order valence-corrected chi connectivity index (χ0v) is 8.10. The molecule has 4 nitrogen and oxygen atoms in total. The second-order valence-corrected chi connectivity index (χ2v) is 3.74. The molecule has 0 aliphatic heterocycles. The van der Waals surface area contributed by atoms with E-state index in [1.165, 1.54) is 24.3 Å². The number of sulfonamides is 1. The van der Waals surface area contributed by atoms with E-state index in [0.717, 1.165) is 0 Å². The van der Waals surface area contributed by atoms with E-state index in [2.05, 4.69) is 0 Å². The zero-order chi connectivity index (χ0) is 9.19. The fourth-order valence-electron chi connectivity index (χ4n) is 0.719. The van der Waals surface area contributed by atoms with Gasteiger partial charge in [-0.2, -0.15) is 5.26 Å². The molecule has 0 amide bonds. The van der Waals surface area contributed by atoms with Gasteiger partial charge in [-0.15, -0.1) is 12.4 Å². The Morgan fingerprint density at radius 1 is 1.23 bits per heavy atom. The van der Waals surface area contributed by atoms with Crippen molar-refractivity contribution in [2.24, 2.45) is 5.14 Å². The molecule has 1 rings (SSSR count). The molecule has 1 aromatic carbocycles. The third kappa shape index (κ3) is 3.03. The van der Waals surface area contributed by atoms with Gasteiger partial charge in [-0.25, -0.2) is 13.6 Å². The number of hydrogen-bond donors (Lipinski definition) is 1. The Morgan fingerprint density at radius 2 is 1.69 bits per heavy atom. The maximum atomic E-state index is 10.7. The minimum absolute atomic E-state index is 0. The normalized spacial score (nSPS) is 9.85. The SMILES string of the molecule is Cl.N#Cc1ccc(S(N)(=O)=O)cc1. The first kappa shape index (κ1) is 11.9. The fourth-order valence-corrected chi connectivity index (χ4v) is 1.23. The van der Waals surface area contributed by atoms with Crippen molar-refractivity contribution in [3.8, 4) is 6.07 Å². The standard InChI is InChI=1S/C7H6N2O2S.ClH/c8-5-6-1-3-7(4-2-6)12(9,10)11;/h1-4H,(H2,9,10,11);1H. The van der Waals surface area contributed by atoms with E-state index in [0.29, 0.717) is 5.56 Å². The van der Waals surface area contributed by atoms with Crippen LogP contribution < -0.4 is 5.14 Å². The van der Waals surface area contributed by atoms with Crippen LogP contribution in [0.15, 0.2) is 29.2 Å². The average molecular weight is 219 g/mol. The van der Waals surface area contributed by atoms with Crippen LogP contribution in [0, 0.1) is 11.3 Å². The van der Waals surface area contributed by atoms with Crippen molar-refractivity contribution in [2.75, 3.05) is 0 Å². The third-order valence-corrected chi connectivity index (χ3v) is 2.24. The molecular weight excluding hydrogens is 212 g/mol. The van der Waals surface area contributed by atoms with Crippen molar-refractivity contribution < 1.29 is 8.42 Å². The quantitative estimate of drug-likeness (QED) is 0.750. The van der Waals surface area contributed by atoms with Crippen LogP contribution in [0.2, 0.25) is 0 Å². The van der Waals surface area contributed by atoms with Crippen molar-refractivity contribution in [2.45, 2.75) is 4.90 Å². The Kier molecular flexibility index (Phi) is 3.88. The van der Waals surface area contributed by atoms with Crippen LogP contribution in [0.25, 0.3) is 0 Å². The van der Waals surface area contributed by atoms with Crippen molar-refractivity contribution in [1.29, 1.82) is 5.26 Å². The summed E-state index contributed by atoms with van der Waals surface area (Å²) < 4.78 is 21.5. The smallest absolute Gasteiger partial charge is 0.225 e. The second kappa shape index (κ2) is 4.23. The van der Waals surface area contributed by atoms with Crippen LogP contribution in [0.4, 0.5) is 0 Å². The highest BCUT2D eigenvalue weighted by molar-refractivity contribution is 7.89. The molecule has 2 N–H and O–H groups in total. The molecule has 0 radical (unpaired) electrons. The van der Waals surface area contributed by atoms with Gasteiger partial charge < -0.3 is 0 Å². The summed E-state index contributed by atoms with van der Waals surface area (Å²) in [4.78, 5) is 0.0153. The molecule has 1 aromatic rings. The number of hydrogen-bond acceptors (Lipinski definition) is 3. The van der Waals surface area contributed by atoms with E-state index in [4.69, 9.17) is 10.4 Å². The maximum absolute atomic E-state index is 10.7. The van der Waals surface area contributed by atoms with Crippen molar-refractivity contribution in [3.05, 3.63) is 29.8 Å². The van der Waals surface area contributed by atoms with E-state index >= 15 is 0 Å². The molecule has 0 aliphatic rings. The first-order valence-electron chi connectivity index (χ1n) is 3.07. The largest absolute Gasteiger partial charge is 0.238 e. The molecule has 0 bridgehead atoms. The lowest BCUT2D eigenvalue weighted by molar-refractivity contribution is 0.598. The van der Waals surface area contributed by atoms with E-state index < -0.39 is 10.0 Å². The number of nitriles is 1. The van der Waals surface area contributed by atoms with E-state index in [-0.39, 0.29) is 17.3 Å². The van der Waals surface area contributed by atoms with Crippen LogP contribution >= 0.6 is 12.4 Å². The van der Waals surface area contributed by atoms with Crippen LogP contribution in [-0.4, -0.2) is 8.42 Å². The number of primary sulfonamides is 1. The van der Waals surface area contributed by atoms with Gasteiger partial charge in [0, 0.05) is 0 Å². The Bertz CT molecular complexity index is 419. The fraction of sp³-hybridized carbons (Fsp3) is 0. The van der Waals surface area contributed by atoms with Crippen molar-refractivity contribution in [1.82, 2.24) is 0 Å². The highest BCUT2D eigenvalue weighted by Crippen LogP contribution is 2.07. The molecule has 0 unspecified atom stereocenters. The number of halogens is 1. The van der Waals surface area contributed by atoms with Crippen molar-refractivity contribution in [3.63, 3.8) is 0 Å². The number of nitrogens with zero attached hydrogens (tertiary/aromatic N) is 1. The topological polar surface area (TPSA) is 83.9 Å². The lowest BCUT2D eigenvalue weighted by atomic mass is 10.2. The van der Waals surface area contributed by atoms with Crippen LogP contribution in [0.5, 0.6) is 0 Å². The number of rotatable bonds is 1. The molecule has 0 aliphatic carbocycles. The Labute approximate surface area is 82.4 Å². The highest BCUT2D eigenvalue weighted by atomic mass is 35.5. The molecule has 0 saturated heterocycles. The Morgan fingerprint density at radius 3 is 2.00 bits per heavy atom. The molecular formula is C7H7ClN2O2S. The second-order valence-electron chi connectivity index (χ2n) is 2.18. The van der Waals surface area contributed by atoms with Crippen LogP contribution in [-0.2, 0) is 10.0 Å². The van der Waals surface area contributed by atoms with Gasteiger partial charge in [-0.3, -0.25) is 0 Å². The molecule has 13 heavy (non-hydrogen) atoms. The van der Waals surface area contributed by atoms with Gasteiger partial charge in [-0.05, 0) is 24.3 Å². The Hall–Kier alpha value is -1.09. The van der Waals surface area contributed by atoms with Gasteiger partial charge in [0.1, 0.15) is 0 Å². The van der Waals surface area contributed by atoms with Crippen LogP contribution in [0.3, 0.4) is 0 Å². The zero-order valence-electron chi connectivity index (χ0n) is 6.47. The minimum atomic E-state index is -3.64. The minimum Gasteiger partial charge on any atom is -0.225 e. The van der Waals surface area contributed by atoms with E-state index in [1.54, 1.807) is 0 Å². The molecule has 0 atom stereocenters. The lowest BCUT2D eigenvalue weighted by Crippen LogP contribution is -2.11. The summed E-state index contributed by atoms with van der Waals surface area (Å²) in [5.74, 6) is 0. The molecule has 0 fully saturated rings. The molecule has 0 spiro atoms. The van der Waals surface area contributed by atoms with E-state index in [9.17, 15) is 8.42 Å². The molecule has 6 heteroatoms. The summed E-state index contributed by atoms with van der Waals surface area (Å²) in [7, 11) is -3.64. The lowest BCUT2D eigenvalue weighted by Gasteiger charge is -1.95. The number of nitrogens with two attached hydrogens (primary N) is 1. The van der Waals surface area contributed by atoms with Gasteiger partial charge in [0.15, 0.2) is 0 Å². The summed E-state index contributed by atoms with van der Waals surface area (Å²) in [6, 6.07) is 7.27.